The first kappa shape index (κ1) is 15.7. The molecule has 3 heterocycles. The molecule has 3 aromatic heterocycles. The summed E-state index contributed by atoms with van der Waals surface area (Å²) in [5, 5.41) is 14.7. The number of thiazole rings is 1. The molecule has 0 atom stereocenters. The predicted molar refractivity (Wildman–Crippen MR) is 101 cm³/mol. The van der Waals surface area contributed by atoms with E-state index in [1.807, 2.05) is 53.2 Å². The van der Waals surface area contributed by atoms with Crippen LogP contribution in [0.2, 0.25) is 0 Å². The Kier molecular flexibility index (Phi) is 4.41. The second kappa shape index (κ2) is 7.00. The van der Waals surface area contributed by atoms with E-state index in [-0.39, 0.29) is 5.91 Å². The highest BCUT2D eigenvalue weighted by molar-refractivity contribution is 7.13. The monoisotopic (exact) mass is 366 g/mol. The molecule has 7 heteroatoms. The first-order valence-corrected chi connectivity index (χ1v) is 9.43. The molecule has 0 aliphatic carbocycles. The highest BCUT2D eigenvalue weighted by atomic mass is 32.1. The van der Waals surface area contributed by atoms with Gasteiger partial charge in [0.1, 0.15) is 5.01 Å². The van der Waals surface area contributed by atoms with Crippen molar-refractivity contribution in [3.05, 3.63) is 70.0 Å². The number of thiophene rings is 1. The lowest BCUT2D eigenvalue weighted by Gasteiger charge is -1.99. The van der Waals surface area contributed by atoms with Crippen LogP contribution in [0.3, 0.4) is 0 Å². The van der Waals surface area contributed by atoms with Crippen LogP contribution in [0.4, 0.5) is 0 Å². The van der Waals surface area contributed by atoms with E-state index in [9.17, 15) is 4.79 Å². The molecule has 2 N–H and O–H groups in total. The number of amides is 1. The van der Waals surface area contributed by atoms with Gasteiger partial charge in [0, 0.05) is 10.9 Å². The van der Waals surface area contributed by atoms with Gasteiger partial charge in [0.15, 0.2) is 5.69 Å². The van der Waals surface area contributed by atoms with E-state index in [0.29, 0.717) is 12.2 Å². The highest BCUT2D eigenvalue weighted by Gasteiger charge is 2.12. The Hall–Kier alpha value is -2.77. The molecular formula is C18H14N4OS2. The quantitative estimate of drug-likeness (QED) is 0.556. The Morgan fingerprint density at radius 2 is 2.00 bits per heavy atom. The number of rotatable bonds is 5. The molecule has 25 heavy (non-hydrogen) atoms. The summed E-state index contributed by atoms with van der Waals surface area (Å²) < 4.78 is 0. The van der Waals surface area contributed by atoms with Gasteiger partial charge in [-0.25, -0.2) is 4.98 Å². The zero-order chi connectivity index (χ0) is 17.1. The molecule has 4 rings (SSSR count). The van der Waals surface area contributed by atoms with Gasteiger partial charge in [-0.1, -0.05) is 36.4 Å². The number of aromatic amines is 1. The minimum atomic E-state index is -0.212. The number of benzene rings is 1. The molecule has 0 unspecified atom stereocenters. The molecular weight excluding hydrogens is 352 g/mol. The number of nitrogens with one attached hydrogen (secondary N) is 2. The summed E-state index contributed by atoms with van der Waals surface area (Å²) >= 11 is 3.13. The molecule has 1 amide bonds. The van der Waals surface area contributed by atoms with Gasteiger partial charge in [-0.05, 0) is 17.5 Å². The fourth-order valence-corrected chi connectivity index (χ4v) is 3.81. The van der Waals surface area contributed by atoms with Gasteiger partial charge in [0.25, 0.3) is 5.91 Å². The third kappa shape index (κ3) is 3.52. The molecule has 0 bridgehead atoms. The van der Waals surface area contributed by atoms with Crippen LogP contribution >= 0.6 is 22.7 Å². The average molecular weight is 366 g/mol. The Bertz CT molecular complexity index is 974. The largest absolute Gasteiger partial charge is 0.344 e. The minimum absolute atomic E-state index is 0.212. The highest BCUT2D eigenvalue weighted by Crippen LogP contribution is 2.23. The van der Waals surface area contributed by atoms with Crippen LogP contribution in [-0.4, -0.2) is 21.1 Å². The van der Waals surface area contributed by atoms with Gasteiger partial charge in [-0.3, -0.25) is 9.89 Å². The molecule has 0 radical (unpaired) electrons. The number of carbonyl (C=O) groups is 1. The second-order valence-electron chi connectivity index (χ2n) is 5.32. The van der Waals surface area contributed by atoms with Gasteiger partial charge < -0.3 is 5.32 Å². The van der Waals surface area contributed by atoms with Crippen molar-refractivity contribution in [2.24, 2.45) is 0 Å². The fourth-order valence-electron chi connectivity index (χ4n) is 2.38. The number of H-pyrrole nitrogens is 1. The summed E-state index contributed by atoms with van der Waals surface area (Å²) in [5.74, 6) is -0.212. The summed E-state index contributed by atoms with van der Waals surface area (Å²) in [6.07, 6.45) is 0. The van der Waals surface area contributed by atoms with E-state index < -0.39 is 0 Å². The molecule has 5 nitrogen and oxygen atoms in total. The lowest BCUT2D eigenvalue weighted by Crippen LogP contribution is -2.23. The SMILES string of the molecule is O=C(NCc1nc(-c2ccccc2)cs1)c1cc(-c2cccs2)[nH]n1. The van der Waals surface area contributed by atoms with Crippen molar-refractivity contribution in [3.63, 3.8) is 0 Å². The van der Waals surface area contributed by atoms with Crippen LogP contribution in [-0.2, 0) is 6.54 Å². The van der Waals surface area contributed by atoms with Crippen molar-refractivity contribution in [2.45, 2.75) is 6.54 Å². The van der Waals surface area contributed by atoms with E-state index in [1.54, 1.807) is 17.4 Å². The molecule has 124 valence electrons. The van der Waals surface area contributed by atoms with Gasteiger partial charge in [-0.15, -0.1) is 22.7 Å². The van der Waals surface area contributed by atoms with Gasteiger partial charge in [-0.2, -0.15) is 5.10 Å². The van der Waals surface area contributed by atoms with Crippen molar-refractivity contribution >= 4 is 28.6 Å². The van der Waals surface area contributed by atoms with E-state index in [1.165, 1.54) is 11.3 Å². The fraction of sp³-hybridized carbons (Fsp3) is 0.0556. The van der Waals surface area contributed by atoms with E-state index >= 15 is 0 Å². The van der Waals surface area contributed by atoms with Crippen molar-refractivity contribution < 1.29 is 4.79 Å². The average Bonchev–Trinajstić information content (AvgIpc) is 3.41. The number of carbonyl (C=O) groups excluding carboxylic acids is 1. The van der Waals surface area contributed by atoms with Crippen LogP contribution in [0.15, 0.2) is 59.3 Å². The topological polar surface area (TPSA) is 70.7 Å². The van der Waals surface area contributed by atoms with Crippen molar-refractivity contribution in [1.82, 2.24) is 20.5 Å². The van der Waals surface area contributed by atoms with Crippen molar-refractivity contribution in [2.75, 3.05) is 0 Å². The third-order valence-corrected chi connectivity index (χ3v) is 5.37. The maximum Gasteiger partial charge on any atom is 0.272 e. The zero-order valence-corrected chi connectivity index (χ0v) is 14.7. The number of aromatic nitrogens is 3. The third-order valence-electron chi connectivity index (χ3n) is 3.62. The molecule has 1 aromatic carbocycles. The lowest BCUT2D eigenvalue weighted by atomic mass is 10.2. The summed E-state index contributed by atoms with van der Waals surface area (Å²) in [5.41, 5.74) is 3.22. The van der Waals surface area contributed by atoms with Crippen LogP contribution in [0.5, 0.6) is 0 Å². The molecule has 0 saturated heterocycles. The number of hydrogen-bond donors (Lipinski definition) is 2. The van der Waals surface area contributed by atoms with Gasteiger partial charge in [0.05, 0.1) is 22.8 Å². The van der Waals surface area contributed by atoms with E-state index in [4.69, 9.17) is 0 Å². The van der Waals surface area contributed by atoms with Crippen LogP contribution in [0, 0.1) is 0 Å². The molecule has 0 aliphatic heterocycles. The summed E-state index contributed by atoms with van der Waals surface area (Å²) in [7, 11) is 0. The second-order valence-corrected chi connectivity index (χ2v) is 7.21. The standard InChI is InChI=1S/C18H14N4OS2/c23-18(14-9-13(21-22-14)16-7-4-8-24-16)19-10-17-20-15(11-25-17)12-5-2-1-3-6-12/h1-9,11H,10H2,(H,19,23)(H,21,22). The van der Waals surface area contributed by atoms with E-state index in [0.717, 1.165) is 26.8 Å². The van der Waals surface area contributed by atoms with Crippen molar-refractivity contribution in [1.29, 1.82) is 0 Å². The van der Waals surface area contributed by atoms with Gasteiger partial charge in [0.2, 0.25) is 0 Å². The minimum Gasteiger partial charge on any atom is -0.344 e. The maximum absolute atomic E-state index is 12.3. The van der Waals surface area contributed by atoms with Crippen LogP contribution < -0.4 is 5.32 Å². The normalized spacial score (nSPS) is 10.7. The molecule has 0 spiro atoms. The first-order valence-electron chi connectivity index (χ1n) is 7.67. The lowest BCUT2D eigenvalue weighted by molar-refractivity contribution is 0.0946. The predicted octanol–water partition coefficient (Wildman–Crippen LogP) is 4.19. The van der Waals surface area contributed by atoms with E-state index in [2.05, 4.69) is 20.5 Å². The van der Waals surface area contributed by atoms with Crippen LogP contribution in [0.1, 0.15) is 15.5 Å². The van der Waals surface area contributed by atoms with Gasteiger partial charge >= 0.3 is 0 Å². The zero-order valence-electron chi connectivity index (χ0n) is 13.1. The smallest absolute Gasteiger partial charge is 0.272 e. The first-order chi connectivity index (χ1) is 12.3. The summed E-state index contributed by atoms with van der Waals surface area (Å²) in [6, 6.07) is 15.7. The number of nitrogens with zero attached hydrogens (tertiary/aromatic N) is 2. The molecule has 0 fully saturated rings. The Balaban J connectivity index is 1.40. The molecule has 4 aromatic rings. The Morgan fingerprint density at radius 3 is 2.80 bits per heavy atom. The Morgan fingerprint density at radius 1 is 1.12 bits per heavy atom. The summed E-state index contributed by atoms with van der Waals surface area (Å²) in [4.78, 5) is 17.9. The summed E-state index contributed by atoms with van der Waals surface area (Å²) in [6.45, 7) is 0.386. The maximum atomic E-state index is 12.3. The van der Waals surface area contributed by atoms with Crippen molar-refractivity contribution in [3.8, 4) is 21.8 Å². The van der Waals surface area contributed by atoms with Crippen LogP contribution in [0.25, 0.3) is 21.8 Å². The number of hydrogen-bond acceptors (Lipinski definition) is 5. The molecule has 0 saturated carbocycles. The Labute approximate surface area is 152 Å². The molecule has 0 aliphatic rings.